The number of hydrogen-bond donors (Lipinski definition) is 1. The zero-order chi connectivity index (χ0) is 15.6. The fraction of sp³-hybridized carbons (Fsp3) is 0.625. The Morgan fingerprint density at radius 3 is 2.15 bits per heavy atom. The molecule has 0 bridgehead atoms. The van der Waals surface area contributed by atoms with Gasteiger partial charge in [0.15, 0.2) is 0 Å². The van der Waals surface area contributed by atoms with E-state index < -0.39 is 11.7 Å². The van der Waals surface area contributed by atoms with Crippen molar-refractivity contribution in [2.75, 3.05) is 6.54 Å². The summed E-state index contributed by atoms with van der Waals surface area (Å²) in [7, 11) is 0. The third-order valence-corrected chi connectivity index (χ3v) is 3.24. The highest BCUT2D eigenvalue weighted by Crippen LogP contribution is 2.34. The van der Waals surface area contributed by atoms with Gasteiger partial charge in [-0.25, -0.2) is 0 Å². The minimum Gasteiger partial charge on any atom is -0.310 e. The number of aryl methyl sites for hydroxylation is 1. The van der Waals surface area contributed by atoms with Gasteiger partial charge in [-0.3, -0.25) is 0 Å². The van der Waals surface area contributed by atoms with Crippen LogP contribution < -0.4 is 5.32 Å². The molecule has 0 aromatic heterocycles. The molecule has 4 heteroatoms. The maximum absolute atomic E-state index is 12.7. The molecule has 1 nitrogen and oxygen atoms in total. The van der Waals surface area contributed by atoms with E-state index >= 15 is 0 Å². The van der Waals surface area contributed by atoms with E-state index in [1.54, 1.807) is 13.0 Å². The van der Waals surface area contributed by atoms with Crippen LogP contribution in [0.4, 0.5) is 13.2 Å². The number of nitrogens with one attached hydrogen (secondary N) is 1. The van der Waals surface area contributed by atoms with Crippen molar-refractivity contribution in [1.82, 2.24) is 5.32 Å². The van der Waals surface area contributed by atoms with Gasteiger partial charge in [0.1, 0.15) is 0 Å². The van der Waals surface area contributed by atoms with Gasteiger partial charge in [-0.2, -0.15) is 13.2 Å². The molecule has 1 N–H and O–H groups in total. The lowest BCUT2D eigenvalue weighted by Gasteiger charge is -2.28. The zero-order valence-electron chi connectivity index (χ0n) is 12.9. The molecule has 0 aliphatic carbocycles. The molecular formula is C16H24F3N. The van der Waals surface area contributed by atoms with E-state index in [4.69, 9.17) is 0 Å². The zero-order valence-corrected chi connectivity index (χ0v) is 12.9. The van der Waals surface area contributed by atoms with Crippen LogP contribution in [0.3, 0.4) is 0 Å². The lowest BCUT2D eigenvalue weighted by molar-refractivity contribution is -0.137. The van der Waals surface area contributed by atoms with Gasteiger partial charge < -0.3 is 5.32 Å². The van der Waals surface area contributed by atoms with Gasteiger partial charge in [0, 0.05) is 6.04 Å². The van der Waals surface area contributed by atoms with Gasteiger partial charge >= 0.3 is 6.18 Å². The van der Waals surface area contributed by atoms with Gasteiger partial charge in [0.2, 0.25) is 0 Å². The fourth-order valence-corrected chi connectivity index (χ4v) is 2.39. The van der Waals surface area contributed by atoms with Crippen LogP contribution in [0.2, 0.25) is 0 Å². The number of hydrogen-bond acceptors (Lipinski definition) is 1. The summed E-state index contributed by atoms with van der Waals surface area (Å²) in [6.07, 6.45) is -3.39. The predicted molar refractivity (Wildman–Crippen MR) is 76.7 cm³/mol. The van der Waals surface area contributed by atoms with E-state index in [9.17, 15) is 13.2 Å². The Kier molecular flexibility index (Phi) is 5.25. The molecule has 0 radical (unpaired) electrons. The van der Waals surface area contributed by atoms with E-state index in [2.05, 4.69) is 26.1 Å². The average molecular weight is 287 g/mol. The first kappa shape index (κ1) is 17.0. The quantitative estimate of drug-likeness (QED) is 0.812. The fourth-order valence-electron chi connectivity index (χ4n) is 2.39. The topological polar surface area (TPSA) is 12.0 Å². The van der Waals surface area contributed by atoms with Crippen LogP contribution in [0.1, 0.15) is 56.8 Å². The third-order valence-electron chi connectivity index (χ3n) is 3.24. The van der Waals surface area contributed by atoms with E-state index in [-0.39, 0.29) is 11.5 Å². The monoisotopic (exact) mass is 287 g/mol. The van der Waals surface area contributed by atoms with Gasteiger partial charge in [0.25, 0.3) is 0 Å². The predicted octanol–water partition coefficient (Wildman–Crippen LogP) is 5.10. The normalized spacial score (nSPS) is 14.4. The maximum atomic E-state index is 12.7. The lowest BCUT2D eigenvalue weighted by Crippen LogP contribution is -2.26. The Bertz CT molecular complexity index is 444. The van der Waals surface area contributed by atoms with Crippen molar-refractivity contribution < 1.29 is 13.2 Å². The van der Waals surface area contributed by atoms with E-state index in [0.29, 0.717) is 5.56 Å². The highest BCUT2D eigenvalue weighted by Gasteiger charge is 2.31. The molecule has 1 aromatic carbocycles. The van der Waals surface area contributed by atoms with E-state index in [1.807, 2.05) is 6.92 Å². The first-order chi connectivity index (χ1) is 9.04. The van der Waals surface area contributed by atoms with Crippen molar-refractivity contribution in [3.63, 3.8) is 0 Å². The second kappa shape index (κ2) is 6.17. The number of benzene rings is 1. The molecule has 20 heavy (non-hydrogen) atoms. The lowest BCUT2D eigenvalue weighted by atomic mass is 9.84. The molecule has 0 spiro atoms. The Morgan fingerprint density at radius 2 is 1.75 bits per heavy atom. The molecule has 1 aromatic rings. The second-order valence-electron chi connectivity index (χ2n) is 6.44. The van der Waals surface area contributed by atoms with E-state index in [0.717, 1.165) is 18.5 Å². The summed E-state index contributed by atoms with van der Waals surface area (Å²) in [6.45, 7) is 11.0. The summed E-state index contributed by atoms with van der Waals surface area (Å²) >= 11 is 0. The van der Waals surface area contributed by atoms with Crippen LogP contribution in [-0.4, -0.2) is 6.54 Å². The Balaban J connectivity index is 3.09. The molecule has 0 aliphatic rings. The Labute approximate surface area is 119 Å². The minimum atomic E-state index is -4.28. The Hall–Kier alpha value is -1.03. The van der Waals surface area contributed by atoms with Crippen molar-refractivity contribution in [2.24, 2.45) is 5.41 Å². The van der Waals surface area contributed by atoms with Crippen molar-refractivity contribution >= 4 is 0 Å². The van der Waals surface area contributed by atoms with Crippen LogP contribution in [0, 0.1) is 12.3 Å². The molecule has 0 aliphatic heterocycles. The summed E-state index contributed by atoms with van der Waals surface area (Å²) in [6, 6.07) is 4.11. The van der Waals surface area contributed by atoms with Crippen molar-refractivity contribution in [3.8, 4) is 0 Å². The minimum absolute atomic E-state index is 0.0854. The molecular weight excluding hydrogens is 263 g/mol. The largest absolute Gasteiger partial charge is 0.416 e. The molecule has 114 valence electrons. The summed E-state index contributed by atoms with van der Waals surface area (Å²) < 4.78 is 38.1. The van der Waals surface area contributed by atoms with Crippen LogP contribution in [0.15, 0.2) is 18.2 Å². The van der Waals surface area contributed by atoms with Gasteiger partial charge in [-0.15, -0.1) is 0 Å². The molecule has 0 heterocycles. The van der Waals surface area contributed by atoms with Crippen molar-refractivity contribution in [1.29, 1.82) is 0 Å². The molecule has 0 amide bonds. The molecule has 0 fully saturated rings. The van der Waals surface area contributed by atoms with Gasteiger partial charge in [0.05, 0.1) is 5.56 Å². The smallest absolute Gasteiger partial charge is 0.310 e. The van der Waals surface area contributed by atoms with Crippen LogP contribution >= 0.6 is 0 Å². The summed E-state index contributed by atoms with van der Waals surface area (Å²) in [5.41, 5.74) is 1.18. The van der Waals surface area contributed by atoms with Crippen molar-refractivity contribution in [2.45, 2.75) is 53.3 Å². The third kappa shape index (κ3) is 4.82. The summed E-state index contributed by atoms with van der Waals surface area (Å²) in [5.74, 6) is 0. The second-order valence-corrected chi connectivity index (χ2v) is 6.44. The molecule has 0 saturated carbocycles. The molecule has 1 rings (SSSR count). The molecule has 1 atom stereocenters. The van der Waals surface area contributed by atoms with Gasteiger partial charge in [-0.1, -0.05) is 33.8 Å². The highest BCUT2D eigenvalue weighted by atomic mass is 19.4. The first-order valence-electron chi connectivity index (χ1n) is 6.95. The summed E-state index contributed by atoms with van der Waals surface area (Å²) in [5, 5.41) is 3.37. The molecule has 1 unspecified atom stereocenters. The highest BCUT2D eigenvalue weighted by molar-refractivity contribution is 5.34. The SMILES string of the molecule is CCNC(CC(C)(C)C)c1ccc(C(F)(F)F)cc1C. The molecule has 0 saturated heterocycles. The van der Waals surface area contributed by atoms with Crippen LogP contribution in [0.25, 0.3) is 0 Å². The maximum Gasteiger partial charge on any atom is 0.416 e. The number of alkyl halides is 3. The van der Waals surface area contributed by atoms with Crippen molar-refractivity contribution in [3.05, 3.63) is 34.9 Å². The van der Waals surface area contributed by atoms with Crippen LogP contribution in [-0.2, 0) is 6.18 Å². The summed E-state index contributed by atoms with van der Waals surface area (Å²) in [4.78, 5) is 0. The van der Waals surface area contributed by atoms with Gasteiger partial charge in [-0.05, 0) is 48.6 Å². The Morgan fingerprint density at radius 1 is 1.15 bits per heavy atom. The average Bonchev–Trinajstić information content (AvgIpc) is 2.25. The standard InChI is InChI=1S/C16H24F3N/c1-6-20-14(10-15(3,4)5)13-8-7-12(9-11(13)2)16(17,18)19/h7-9,14,20H,6,10H2,1-5H3. The van der Waals surface area contributed by atoms with E-state index in [1.165, 1.54) is 12.1 Å². The van der Waals surface area contributed by atoms with Crippen LogP contribution in [0.5, 0.6) is 0 Å². The number of rotatable bonds is 4. The first-order valence-corrected chi connectivity index (χ1v) is 6.95. The number of halogens is 3.